The topological polar surface area (TPSA) is 55.4 Å². The summed E-state index contributed by atoms with van der Waals surface area (Å²) in [5, 5.41) is 3.08. The van der Waals surface area contributed by atoms with E-state index in [1.54, 1.807) is 30.8 Å². The van der Waals surface area contributed by atoms with E-state index in [-0.39, 0.29) is 5.91 Å². The minimum atomic E-state index is -0.434. The molecule has 2 aromatic rings. The largest absolute Gasteiger partial charge is 0.462 e. The van der Waals surface area contributed by atoms with Gasteiger partial charge in [0.05, 0.1) is 28.6 Å². The molecule has 0 aliphatic carbocycles. The lowest BCUT2D eigenvalue weighted by molar-refractivity contribution is -0.113. The molecule has 0 radical (unpaired) electrons. The first-order valence-electron chi connectivity index (χ1n) is 8.30. The smallest absolute Gasteiger partial charge is 0.338 e. The molecule has 0 aliphatic rings. The van der Waals surface area contributed by atoms with Crippen molar-refractivity contribution in [1.82, 2.24) is 0 Å². The average molecular weight is 392 g/mol. The fourth-order valence-corrected chi connectivity index (χ4v) is 3.55. The molecule has 0 fully saturated rings. The lowest BCUT2D eigenvalue weighted by Gasteiger charge is -2.09. The summed E-state index contributed by atoms with van der Waals surface area (Å²) < 4.78 is 4.93. The summed E-state index contributed by atoms with van der Waals surface area (Å²) in [5.74, 6) is 0.524. The molecule has 0 spiro atoms. The Morgan fingerprint density at radius 1 is 1.12 bits per heavy atom. The zero-order chi connectivity index (χ0) is 19.1. The minimum absolute atomic E-state index is 0.134. The van der Waals surface area contributed by atoms with Crippen LogP contribution >= 0.6 is 23.4 Å². The van der Waals surface area contributed by atoms with Crippen molar-refractivity contribution in [2.24, 2.45) is 0 Å². The number of aryl methyl sites for hydroxylation is 2. The van der Waals surface area contributed by atoms with Gasteiger partial charge in [-0.1, -0.05) is 40.9 Å². The number of esters is 1. The third-order valence-corrected chi connectivity index (χ3v) is 4.85. The van der Waals surface area contributed by atoms with Gasteiger partial charge in [-0.15, -0.1) is 11.8 Å². The summed E-state index contributed by atoms with van der Waals surface area (Å²) in [7, 11) is 0. The van der Waals surface area contributed by atoms with Crippen molar-refractivity contribution in [3.05, 3.63) is 63.7 Å². The monoisotopic (exact) mass is 391 g/mol. The fourth-order valence-electron chi connectivity index (χ4n) is 2.56. The third-order valence-electron chi connectivity index (χ3n) is 3.54. The van der Waals surface area contributed by atoms with E-state index in [9.17, 15) is 9.59 Å². The molecule has 0 aromatic heterocycles. The van der Waals surface area contributed by atoms with E-state index in [2.05, 4.69) is 37.4 Å². The number of benzene rings is 2. The van der Waals surface area contributed by atoms with E-state index in [0.29, 0.717) is 28.6 Å². The summed E-state index contributed by atoms with van der Waals surface area (Å²) >= 11 is 7.70. The zero-order valence-electron chi connectivity index (χ0n) is 15.1. The molecule has 2 rings (SSSR count). The normalized spacial score (nSPS) is 10.5. The Labute approximate surface area is 163 Å². The summed E-state index contributed by atoms with van der Waals surface area (Å²) in [6, 6.07) is 11.1. The van der Waals surface area contributed by atoms with Gasteiger partial charge in [0, 0.05) is 5.75 Å². The van der Waals surface area contributed by atoms with E-state index in [1.807, 2.05) is 0 Å². The minimum Gasteiger partial charge on any atom is -0.462 e. The number of nitrogens with one attached hydrogen (secondary N) is 1. The van der Waals surface area contributed by atoms with Gasteiger partial charge in [0.25, 0.3) is 0 Å². The molecule has 1 N–H and O–H groups in total. The third kappa shape index (κ3) is 6.07. The molecule has 0 aliphatic heterocycles. The Hall–Kier alpha value is -1.98. The second-order valence-electron chi connectivity index (χ2n) is 5.95. The summed E-state index contributed by atoms with van der Waals surface area (Å²) in [5.41, 5.74) is 4.49. The molecule has 0 bridgehead atoms. The van der Waals surface area contributed by atoms with Crippen molar-refractivity contribution >= 4 is 40.9 Å². The van der Waals surface area contributed by atoms with Crippen LogP contribution in [-0.4, -0.2) is 24.2 Å². The zero-order valence-corrected chi connectivity index (χ0v) is 16.7. The van der Waals surface area contributed by atoms with Crippen LogP contribution in [0.5, 0.6) is 0 Å². The van der Waals surface area contributed by atoms with E-state index in [0.717, 1.165) is 5.75 Å². The molecule has 138 valence electrons. The highest BCUT2D eigenvalue weighted by molar-refractivity contribution is 7.99. The molecule has 6 heteroatoms. The number of ether oxygens (including phenoxy) is 1. The Bertz CT molecular complexity index is 787. The van der Waals surface area contributed by atoms with Gasteiger partial charge in [0.1, 0.15) is 0 Å². The Morgan fingerprint density at radius 3 is 2.42 bits per heavy atom. The van der Waals surface area contributed by atoms with E-state index in [1.165, 1.54) is 22.8 Å². The van der Waals surface area contributed by atoms with Gasteiger partial charge in [-0.05, 0) is 44.5 Å². The van der Waals surface area contributed by atoms with Gasteiger partial charge in [-0.3, -0.25) is 4.79 Å². The van der Waals surface area contributed by atoms with Crippen molar-refractivity contribution in [2.75, 3.05) is 17.7 Å². The highest BCUT2D eigenvalue weighted by atomic mass is 35.5. The van der Waals surface area contributed by atoms with Crippen molar-refractivity contribution in [1.29, 1.82) is 0 Å². The number of halogens is 1. The highest BCUT2D eigenvalue weighted by Gasteiger charge is 2.11. The average Bonchev–Trinajstić information content (AvgIpc) is 2.56. The van der Waals surface area contributed by atoms with Crippen LogP contribution in [-0.2, 0) is 15.3 Å². The van der Waals surface area contributed by atoms with E-state index >= 15 is 0 Å². The fraction of sp³-hybridized carbons (Fsp3) is 0.300. The number of hydrogen-bond donors (Lipinski definition) is 1. The first kappa shape index (κ1) is 20.3. The Balaban J connectivity index is 1.88. The highest BCUT2D eigenvalue weighted by Crippen LogP contribution is 2.24. The SMILES string of the molecule is CCOC(=O)c1ccc(NC(=O)CSCc2cc(C)cc(C)c2)c(Cl)c1. The number of anilines is 1. The van der Waals surface area contributed by atoms with Crippen molar-refractivity contribution in [3.63, 3.8) is 0 Å². The van der Waals surface area contributed by atoms with Crippen LogP contribution in [0.4, 0.5) is 5.69 Å². The van der Waals surface area contributed by atoms with Crippen LogP contribution in [0.3, 0.4) is 0 Å². The molecule has 4 nitrogen and oxygen atoms in total. The number of carbonyl (C=O) groups excluding carboxylic acids is 2. The first-order chi connectivity index (χ1) is 12.4. The molecule has 0 saturated heterocycles. The molecule has 0 unspecified atom stereocenters. The van der Waals surface area contributed by atoms with Gasteiger partial charge < -0.3 is 10.1 Å². The summed E-state index contributed by atoms with van der Waals surface area (Å²) in [6.45, 7) is 6.17. The molecule has 2 aromatic carbocycles. The van der Waals surface area contributed by atoms with Crippen LogP contribution in [0.2, 0.25) is 5.02 Å². The van der Waals surface area contributed by atoms with Gasteiger partial charge in [-0.2, -0.15) is 0 Å². The molecule has 1 amide bonds. The summed E-state index contributed by atoms with van der Waals surface area (Å²) in [4.78, 5) is 23.8. The number of hydrogen-bond acceptors (Lipinski definition) is 4. The number of amides is 1. The molecular formula is C20H22ClNO3S. The number of thioether (sulfide) groups is 1. The maximum Gasteiger partial charge on any atom is 0.338 e. The van der Waals surface area contributed by atoms with Crippen molar-refractivity contribution in [2.45, 2.75) is 26.5 Å². The Kier molecular flexibility index (Phi) is 7.54. The van der Waals surface area contributed by atoms with Crippen molar-refractivity contribution in [3.8, 4) is 0 Å². The standard InChI is InChI=1S/C20H22ClNO3S/c1-4-25-20(24)16-5-6-18(17(21)10-16)22-19(23)12-26-11-15-8-13(2)7-14(3)9-15/h5-10H,4,11-12H2,1-3H3,(H,22,23). The van der Waals surface area contributed by atoms with Crippen LogP contribution in [0.15, 0.2) is 36.4 Å². The van der Waals surface area contributed by atoms with Crippen LogP contribution in [0.1, 0.15) is 34.0 Å². The molecule has 0 atom stereocenters. The van der Waals surface area contributed by atoms with Gasteiger partial charge in [0.15, 0.2) is 0 Å². The predicted octanol–water partition coefficient (Wildman–Crippen LogP) is 5.01. The van der Waals surface area contributed by atoms with E-state index < -0.39 is 5.97 Å². The molecule has 0 saturated carbocycles. The number of rotatable bonds is 7. The maximum atomic E-state index is 12.1. The molecule has 0 heterocycles. The number of carbonyl (C=O) groups is 2. The maximum absolute atomic E-state index is 12.1. The summed E-state index contributed by atoms with van der Waals surface area (Å²) in [6.07, 6.45) is 0. The van der Waals surface area contributed by atoms with Gasteiger partial charge in [-0.25, -0.2) is 4.79 Å². The Morgan fingerprint density at radius 2 is 1.81 bits per heavy atom. The lowest BCUT2D eigenvalue weighted by atomic mass is 10.1. The lowest BCUT2D eigenvalue weighted by Crippen LogP contribution is -2.15. The predicted molar refractivity (Wildman–Crippen MR) is 108 cm³/mol. The van der Waals surface area contributed by atoms with Crippen LogP contribution in [0.25, 0.3) is 0 Å². The van der Waals surface area contributed by atoms with Gasteiger partial charge in [0.2, 0.25) is 5.91 Å². The van der Waals surface area contributed by atoms with Crippen LogP contribution in [0, 0.1) is 13.8 Å². The molecular weight excluding hydrogens is 370 g/mol. The second kappa shape index (κ2) is 9.64. The van der Waals surface area contributed by atoms with Gasteiger partial charge >= 0.3 is 5.97 Å². The van der Waals surface area contributed by atoms with Crippen LogP contribution < -0.4 is 5.32 Å². The molecule has 26 heavy (non-hydrogen) atoms. The second-order valence-corrected chi connectivity index (χ2v) is 7.34. The first-order valence-corrected chi connectivity index (χ1v) is 9.83. The van der Waals surface area contributed by atoms with E-state index in [4.69, 9.17) is 16.3 Å². The quantitative estimate of drug-likeness (QED) is 0.674. The van der Waals surface area contributed by atoms with Crippen molar-refractivity contribution < 1.29 is 14.3 Å².